The molecule has 0 heterocycles. The highest BCUT2D eigenvalue weighted by molar-refractivity contribution is 5.60. The molecule has 5 heteroatoms. The molecule has 0 saturated carbocycles. The second kappa shape index (κ2) is 6.47. The number of carbonyl (C=O) groups excluding carboxylic acids is 1. The summed E-state index contributed by atoms with van der Waals surface area (Å²) in [5.41, 5.74) is 14.1. The van der Waals surface area contributed by atoms with Gasteiger partial charge in [0.2, 0.25) is 0 Å². The lowest BCUT2D eigenvalue weighted by atomic mass is 10.2. The third-order valence-electron chi connectivity index (χ3n) is 2.62. The van der Waals surface area contributed by atoms with Gasteiger partial charge in [0, 0.05) is 11.4 Å². The van der Waals surface area contributed by atoms with Crippen LogP contribution in [0.1, 0.15) is 11.1 Å². The van der Waals surface area contributed by atoms with Gasteiger partial charge in [-0.1, -0.05) is 24.3 Å². The molecule has 104 valence electrons. The van der Waals surface area contributed by atoms with Gasteiger partial charge in [0.25, 0.3) is 0 Å². The van der Waals surface area contributed by atoms with Gasteiger partial charge in [-0.25, -0.2) is 4.79 Å². The Labute approximate surface area is 117 Å². The Bertz CT molecular complexity index is 548. The minimum atomic E-state index is -0.727. The molecular weight excluding hydrogens is 256 g/mol. The quantitative estimate of drug-likeness (QED) is 0.660. The van der Waals surface area contributed by atoms with E-state index < -0.39 is 6.16 Å². The molecule has 0 spiro atoms. The highest BCUT2D eigenvalue weighted by Gasteiger charge is 2.05. The zero-order chi connectivity index (χ0) is 14.4. The lowest BCUT2D eigenvalue weighted by Gasteiger charge is -2.07. The molecule has 2 aromatic carbocycles. The van der Waals surface area contributed by atoms with E-state index in [0.29, 0.717) is 11.4 Å². The third kappa shape index (κ3) is 4.20. The molecule has 0 aliphatic heterocycles. The SMILES string of the molecule is Nc1cccc(COC(=O)OCc2cccc(N)c2)c1. The van der Waals surface area contributed by atoms with E-state index in [9.17, 15) is 4.79 Å². The maximum atomic E-state index is 11.5. The van der Waals surface area contributed by atoms with E-state index in [2.05, 4.69) is 0 Å². The molecule has 0 saturated heterocycles. The molecule has 4 N–H and O–H groups in total. The first kappa shape index (κ1) is 13.7. The highest BCUT2D eigenvalue weighted by atomic mass is 16.7. The molecule has 20 heavy (non-hydrogen) atoms. The molecule has 0 fully saturated rings. The fourth-order valence-corrected chi connectivity index (χ4v) is 1.69. The van der Waals surface area contributed by atoms with Gasteiger partial charge in [-0.05, 0) is 35.4 Å². The van der Waals surface area contributed by atoms with Crippen molar-refractivity contribution in [3.63, 3.8) is 0 Å². The molecular formula is C15H16N2O3. The van der Waals surface area contributed by atoms with E-state index in [1.54, 1.807) is 36.4 Å². The molecule has 0 radical (unpaired) electrons. The fraction of sp³-hybridized carbons (Fsp3) is 0.133. The van der Waals surface area contributed by atoms with Crippen LogP contribution in [0, 0.1) is 0 Å². The van der Waals surface area contributed by atoms with Gasteiger partial charge in [-0.2, -0.15) is 0 Å². The summed E-state index contributed by atoms with van der Waals surface area (Å²) in [5.74, 6) is 0. The van der Waals surface area contributed by atoms with Crippen LogP contribution in [-0.4, -0.2) is 6.16 Å². The van der Waals surface area contributed by atoms with E-state index in [1.165, 1.54) is 0 Å². The molecule has 0 aliphatic carbocycles. The zero-order valence-corrected chi connectivity index (χ0v) is 10.9. The molecule has 5 nitrogen and oxygen atoms in total. The number of carbonyl (C=O) groups is 1. The van der Waals surface area contributed by atoms with Crippen LogP contribution in [0.2, 0.25) is 0 Å². The van der Waals surface area contributed by atoms with Crippen LogP contribution in [0.3, 0.4) is 0 Å². The van der Waals surface area contributed by atoms with Crippen molar-refractivity contribution in [2.45, 2.75) is 13.2 Å². The number of rotatable bonds is 4. The third-order valence-corrected chi connectivity index (χ3v) is 2.62. The van der Waals surface area contributed by atoms with Crippen molar-refractivity contribution in [3.05, 3.63) is 59.7 Å². The van der Waals surface area contributed by atoms with Gasteiger partial charge < -0.3 is 20.9 Å². The minimum absolute atomic E-state index is 0.126. The average molecular weight is 272 g/mol. The number of benzene rings is 2. The molecule has 0 unspecified atom stereocenters. The number of hydrogen-bond donors (Lipinski definition) is 2. The van der Waals surface area contributed by atoms with Crippen LogP contribution in [0.25, 0.3) is 0 Å². The van der Waals surface area contributed by atoms with E-state index >= 15 is 0 Å². The lowest BCUT2D eigenvalue weighted by Crippen LogP contribution is -2.07. The van der Waals surface area contributed by atoms with Crippen LogP contribution in [-0.2, 0) is 22.7 Å². The summed E-state index contributed by atoms with van der Waals surface area (Å²) in [7, 11) is 0. The second-order valence-corrected chi connectivity index (χ2v) is 4.32. The summed E-state index contributed by atoms with van der Waals surface area (Å²) >= 11 is 0. The van der Waals surface area contributed by atoms with Gasteiger partial charge in [0.1, 0.15) is 13.2 Å². The van der Waals surface area contributed by atoms with Gasteiger partial charge >= 0.3 is 6.16 Å². The Kier molecular flexibility index (Phi) is 4.44. The summed E-state index contributed by atoms with van der Waals surface area (Å²) in [6.07, 6.45) is -0.727. The standard InChI is InChI=1S/C15H16N2O3/c16-13-5-1-3-11(7-13)9-19-15(18)20-10-12-4-2-6-14(17)8-12/h1-8H,9-10,16-17H2. The summed E-state index contributed by atoms with van der Waals surface area (Å²) in [5, 5.41) is 0. The highest BCUT2D eigenvalue weighted by Crippen LogP contribution is 2.10. The predicted octanol–water partition coefficient (Wildman–Crippen LogP) is 2.70. The average Bonchev–Trinajstić information content (AvgIpc) is 2.43. The van der Waals surface area contributed by atoms with Crippen molar-refractivity contribution < 1.29 is 14.3 Å². The Hall–Kier alpha value is -2.69. The smallest absolute Gasteiger partial charge is 0.429 e. The number of nitrogen functional groups attached to an aromatic ring is 2. The van der Waals surface area contributed by atoms with Crippen molar-refractivity contribution in [1.82, 2.24) is 0 Å². The molecule has 0 bridgehead atoms. The maximum absolute atomic E-state index is 11.5. The van der Waals surface area contributed by atoms with Gasteiger partial charge in [0.15, 0.2) is 0 Å². The number of nitrogens with two attached hydrogens (primary N) is 2. The maximum Gasteiger partial charge on any atom is 0.508 e. The molecule has 0 amide bonds. The fourth-order valence-electron chi connectivity index (χ4n) is 1.69. The monoisotopic (exact) mass is 272 g/mol. The van der Waals surface area contributed by atoms with Crippen LogP contribution < -0.4 is 11.5 Å². The largest absolute Gasteiger partial charge is 0.508 e. The Morgan fingerprint density at radius 2 is 1.30 bits per heavy atom. The molecule has 0 atom stereocenters. The van der Waals surface area contributed by atoms with E-state index in [1.807, 2.05) is 12.1 Å². The van der Waals surface area contributed by atoms with Crippen LogP contribution in [0.4, 0.5) is 16.2 Å². The summed E-state index contributed by atoms with van der Waals surface area (Å²) in [6.45, 7) is 0.252. The zero-order valence-electron chi connectivity index (χ0n) is 10.9. The topological polar surface area (TPSA) is 87.6 Å². The normalized spacial score (nSPS) is 10.0. The Balaban J connectivity index is 1.78. The van der Waals surface area contributed by atoms with Crippen molar-refractivity contribution >= 4 is 17.5 Å². The number of ether oxygens (including phenoxy) is 2. The van der Waals surface area contributed by atoms with E-state index in [4.69, 9.17) is 20.9 Å². The van der Waals surface area contributed by atoms with E-state index in [-0.39, 0.29) is 13.2 Å². The Morgan fingerprint density at radius 3 is 1.70 bits per heavy atom. The Morgan fingerprint density at radius 1 is 0.850 bits per heavy atom. The van der Waals surface area contributed by atoms with Crippen molar-refractivity contribution in [3.8, 4) is 0 Å². The van der Waals surface area contributed by atoms with Gasteiger partial charge in [0.05, 0.1) is 0 Å². The molecule has 0 aromatic heterocycles. The lowest BCUT2D eigenvalue weighted by molar-refractivity contribution is 0.0446. The second-order valence-electron chi connectivity index (χ2n) is 4.32. The van der Waals surface area contributed by atoms with Crippen molar-refractivity contribution in [1.29, 1.82) is 0 Å². The van der Waals surface area contributed by atoms with Crippen LogP contribution >= 0.6 is 0 Å². The summed E-state index contributed by atoms with van der Waals surface area (Å²) in [6, 6.07) is 14.3. The van der Waals surface area contributed by atoms with E-state index in [0.717, 1.165) is 11.1 Å². The first-order valence-corrected chi connectivity index (χ1v) is 6.12. The number of hydrogen-bond acceptors (Lipinski definition) is 5. The molecule has 2 aromatic rings. The molecule has 0 aliphatic rings. The summed E-state index contributed by atoms with van der Waals surface area (Å²) < 4.78 is 9.97. The van der Waals surface area contributed by atoms with Gasteiger partial charge in [-0.15, -0.1) is 0 Å². The van der Waals surface area contributed by atoms with Crippen molar-refractivity contribution in [2.24, 2.45) is 0 Å². The summed E-state index contributed by atoms with van der Waals surface area (Å²) in [4.78, 5) is 11.5. The van der Waals surface area contributed by atoms with Crippen LogP contribution in [0.5, 0.6) is 0 Å². The first-order valence-electron chi connectivity index (χ1n) is 6.12. The first-order chi connectivity index (χ1) is 9.63. The van der Waals surface area contributed by atoms with Crippen LogP contribution in [0.15, 0.2) is 48.5 Å². The minimum Gasteiger partial charge on any atom is -0.429 e. The van der Waals surface area contributed by atoms with Crippen molar-refractivity contribution in [2.75, 3.05) is 11.5 Å². The number of anilines is 2. The van der Waals surface area contributed by atoms with Gasteiger partial charge in [-0.3, -0.25) is 0 Å². The predicted molar refractivity (Wildman–Crippen MR) is 76.7 cm³/mol. The molecule has 2 rings (SSSR count).